The van der Waals surface area contributed by atoms with Gasteiger partial charge in [-0.15, -0.1) is 0 Å². The maximum Gasteiger partial charge on any atom is 0.191 e. The number of aliphatic imine (C=N–C) groups is 1. The zero-order chi connectivity index (χ0) is 18.6. The second kappa shape index (κ2) is 8.15. The average Bonchev–Trinajstić information content (AvgIpc) is 3.34. The standard InChI is InChI=1S/C20H24ClN5O/c1-22-20(24-10-14-4-5-15-12-27-13-16(15)9-14)25-17-6-8-26(11-17)19-18(21)3-2-7-23-19/h2-5,7,9,17H,6,8,10-13H2,1H3,(H2,22,24,25). The number of fused-ring (bicyclic) bond motifs is 1. The van der Waals surface area contributed by atoms with Crippen LogP contribution in [-0.2, 0) is 24.5 Å². The number of rotatable bonds is 4. The molecule has 2 aliphatic rings. The summed E-state index contributed by atoms with van der Waals surface area (Å²) in [6.07, 6.45) is 2.80. The Morgan fingerprint density at radius 3 is 3.07 bits per heavy atom. The Bertz CT molecular complexity index is 841. The quantitative estimate of drug-likeness (QED) is 0.626. The van der Waals surface area contributed by atoms with Crippen molar-refractivity contribution in [2.45, 2.75) is 32.2 Å². The fraction of sp³-hybridized carbons (Fsp3) is 0.400. The molecule has 2 aliphatic heterocycles. The molecule has 1 aromatic heterocycles. The summed E-state index contributed by atoms with van der Waals surface area (Å²) < 4.78 is 5.48. The highest BCUT2D eigenvalue weighted by molar-refractivity contribution is 6.32. The first-order chi connectivity index (χ1) is 13.2. The summed E-state index contributed by atoms with van der Waals surface area (Å²) in [5.74, 6) is 1.66. The summed E-state index contributed by atoms with van der Waals surface area (Å²) in [5, 5.41) is 7.61. The van der Waals surface area contributed by atoms with E-state index in [2.05, 4.69) is 43.7 Å². The number of pyridine rings is 1. The van der Waals surface area contributed by atoms with Gasteiger partial charge in [0.1, 0.15) is 5.82 Å². The number of hydrogen-bond acceptors (Lipinski definition) is 4. The molecule has 6 nitrogen and oxygen atoms in total. The molecule has 142 valence electrons. The van der Waals surface area contributed by atoms with Gasteiger partial charge in [0.05, 0.1) is 18.2 Å². The van der Waals surface area contributed by atoms with Crippen LogP contribution in [0.4, 0.5) is 5.82 Å². The summed E-state index contributed by atoms with van der Waals surface area (Å²) in [6, 6.07) is 10.6. The van der Waals surface area contributed by atoms with Gasteiger partial charge in [0, 0.05) is 38.9 Å². The molecule has 1 unspecified atom stereocenters. The van der Waals surface area contributed by atoms with E-state index in [-0.39, 0.29) is 0 Å². The van der Waals surface area contributed by atoms with E-state index in [4.69, 9.17) is 16.3 Å². The molecule has 7 heteroatoms. The number of halogens is 1. The Morgan fingerprint density at radius 1 is 1.33 bits per heavy atom. The van der Waals surface area contributed by atoms with Crippen molar-refractivity contribution in [2.24, 2.45) is 4.99 Å². The van der Waals surface area contributed by atoms with E-state index in [1.165, 1.54) is 16.7 Å². The molecule has 0 saturated carbocycles. The third kappa shape index (κ3) is 4.17. The number of anilines is 1. The van der Waals surface area contributed by atoms with Crippen LogP contribution in [0.15, 0.2) is 41.5 Å². The molecule has 27 heavy (non-hydrogen) atoms. The van der Waals surface area contributed by atoms with Crippen molar-refractivity contribution >= 4 is 23.4 Å². The number of nitrogens with one attached hydrogen (secondary N) is 2. The lowest BCUT2D eigenvalue weighted by molar-refractivity contribution is 0.134. The molecular formula is C20H24ClN5O. The predicted molar refractivity (Wildman–Crippen MR) is 108 cm³/mol. The minimum atomic E-state index is 0.308. The van der Waals surface area contributed by atoms with Crippen molar-refractivity contribution in [1.82, 2.24) is 15.6 Å². The molecule has 0 spiro atoms. The number of nitrogens with zero attached hydrogens (tertiary/aromatic N) is 3. The minimum Gasteiger partial charge on any atom is -0.372 e. The van der Waals surface area contributed by atoms with Gasteiger partial charge in [-0.2, -0.15) is 0 Å². The molecule has 2 N–H and O–H groups in total. The van der Waals surface area contributed by atoms with Crippen molar-refractivity contribution in [2.75, 3.05) is 25.0 Å². The van der Waals surface area contributed by atoms with Gasteiger partial charge in [0.15, 0.2) is 5.96 Å². The Kier molecular flexibility index (Phi) is 5.45. The first-order valence-corrected chi connectivity index (χ1v) is 9.62. The van der Waals surface area contributed by atoms with Gasteiger partial charge in [0.2, 0.25) is 0 Å². The molecule has 3 heterocycles. The van der Waals surface area contributed by atoms with E-state index in [1.807, 2.05) is 12.1 Å². The van der Waals surface area contributed by atoms with E-state index in [9.17, 15) is 0 Å². The minimum absolute atomic E-state index is 0.308. The molecule has 0 radical (unpaired) electrons. The van der Waals surface area contributed by atoms with E-state index >= 15 is 0 Å². The molecule has 1 atom stereocenters. The third-order valence-electron chi connectivity index (χ3n) is 5.04. The molecule has 2 aromatic rings. The van der Waals surface area contributed by atoms with Crippen molar-refractivity contribution in [3.05, 3.63) is 58.2 Å². The van der Waals surface area contributed by atoms with Crippen LogP contribution in [0.2, 0.25) is 5.02 Å². The highest BCUT2D eigenvalue weighted by Gasteiger charge is 2.25. The normalized spacial score (nSPS) is 19.3. The molecule has 0 amide bonds. The highest BCUT2D eigenvalue weighted by atomic mass is 35.5. The molecule has 4 rings (SSSR count). The third-order valence-corrected chi connectivity index (χ3v) is 5.33. The summed E-state index contributed by atoms with van der Waals surface area (Å²) in [6.45, 7) is 3.95. The highest BCUT2D eigenvalue weighted by Crippen LogP contribution is 2.25. The van der Waals surface area contributed by atoms with Gasteiger partial charge in [-0.3, -0.25) is 4.99 Å². The van der Waals surface area contributed by atoms with Crippen LogP contribution < -0.4 is 15.5 Å². The fourth-order valence-electron chi connectivity index (χ4n) is 3.59. The summed E-state index contributed by atoms with van der Waals surface area (Å²) >= 11 is 6.27. The first kappa shape index (κ1) is 18.1. The monoisotopic (exact) mass is 385 g/mol. The van der Waals surface area contributed by atoms with Crippen LogP contribution in [0, 0.1) is 0 Å². The van der Waals surface area contributed by atoms with Crippen LogP contribution in [0.5, 0.6) is 0 Å². The molecule has 0 bridgehead atoms. The van der Waals surface area contributed by atoms with Crippen LogP contribution >= 0.6 is 11.6 Å². The average molecular weight is 386 g/mol. The van der Waals surface area contributed by atoms with Gasteiger partial charge in [0.25, 0.3) is 0 Å². The van der Waals surface area contributed by atoms with Gasteiger partial charge in [-0.25, -0.2) is 4.98 Å². The number of benzene rings is 1. The van der Waals surface area contributed by atoms with Crippen molar-refractivity contribution in [1.29, 1.82) is 0 Å². The van der Waals surface area contributed by atoms with E-state index in [0.717, 1.165) is 44.4 Å². The molecule has 1 saturated heterocycles. The number of guanidine groups is 1. The van der Waals surface area contributed by atoms with E-state index in [1.54, 1.807) is 13.2 Å². The van der Waals surface area contributed by atoms with Crippen molar-refractivity contribution < 1.29 is 4.74 Å². The number of hydrogen-bond donors (Lipinski definition) is 2. The van der Waals surface area contributed by atoms with Gasteiger partial charge >= 0.3 is 0 Å². The second-order valence-corrected chi connectivity index (χ2v) is 7.31. The smallest absolute Gasteiger partial charge is 0.191 e. The van der Waals surface area contributed by atoms with Crippen LogP contribution in [0.25, 0.3) is 0 Å². The Labute approximate surface area is 164 Å². The van der Waals surface area contributed by atoms with Crippen LogP contribution in [-0.4, -0.2) is 37.1 Å². The van der Waals surface area contributed by atoms with Gasteiger partial charge in [-0.1, -0.05) is 29.8 Å². The maximum absolute atomic E-state index is 6.27. The SMILES string of the molecule is CN=C(NCc1ccc2c(c1)COC2)NC1CCN(c2ncccc2Cl)C1. The fourth-order valence-corrected chi connectivity index (χ4v) is 3.83. The second-order valence-electron chi connectivity index (χ2n) is 6.91. The van der Waals surface area contributed by atoms with Crippen LogP contribution in [0.3, 0.4) is 0 Å². The molecule has 1 aromatic carbocycles. The Balaban J connectivity index is 1.31. The van der Waals surface area contributed by atoms with Crippen molar-refractivity contribution in [3.63, 3.8) is 0 Å². The lowest BCUT2D eigenvalue weighted by atomic mass is 10.1. The lowest BCUT2D eigenvalue weighted by Gasteiger charge is -2.20. The summed E-state index contributed by atoms with van der Waals surface area (Å²) in [5.41, 5.74) is 3.81. The zero-order valence-electron chi connectivity index (χ0n) is 15.4. The Morgan fingerprint density at radius 2 is 2.22 bits per heavy atom. The van der Waals surface area contributed by atoms with E-state index in [0.29, 0.717) is 17.7 Å². The largest absolute Gasteiger partial charge is 0.372 e. The van der Waals surface area contributed by atoms with Crippen LogP contribution in [0.1, 0.15) is 23.1 Å². The van der Waals surface area contributed by atoms with Crippen molar-refractivity contribution in [3.8, 4) is 0 Å². The number of ether oxygens (including phenoxy) is 1. The lowest BCUT2D eigenvalue weighted by Crippen LogP contribution is -2.44. The number of aromatic nitrogens is 1. The van der Waals surface area contributed by atoms with Gasteiger partial charge in [-0.05, 0) is 35.2 Å². The summed E-state index contributed by atoms with van der Waals surface area (Å²) in [4.78, 5) is 11.0. The zero-order valence-corrected chi connectivity index (χ0v) is 16.2. The maximum atomic E-state index is 6.27. The summed E-state index contributed by atoms with van der Waals surface area (Å²) in [7, 11) is 1.80. The molecule has 1 fully saturated rings. The van der Waals surface area contributed by atoms with E-state index < -0.39 is 0 Å². The topological polar surface area (TPSA) is 61.8 Å². The predicted octanol–water partition coefficient (Wildman–Crippen LogP) is 2.71. The first-order valence-electron chi connectivity index (χ1n) is 9.24. The molecular weight excluding hydrogens is 362 g/mol. The Hall–Kier alpha value is -2.31. The van der Waals surface area contributed by atoms with Gasteiger partial charge < -0.3 is 20.3 Å². The molecule has 0 aliphatic carbocycles.